The highest BCUT2D eigenvalue weighted by Gasteiger charge is 2.34. The van der Waals surface area contributed by atoms with Crippen molar-refractivity contribution in [3.05, 3.63) is 71.3 Å². The average Bonchev–Trinajstić information content (AvgIpc) is 2.72. The highest BCUT2D eigenvalue weighted by molar-refractivity contribution is 6.36. The van der Waals surface area contributed by atoms with Gasteiger partial charge in [0.1, 0.15) is 0 Å². The fraction of sp³-hybridized carbons (Fsp3) is 0.250. The van der Waals surface area contributed by atoms with Gasteiger partial charge in [-0.3, -0.25) is 9.59 Å². The molecular weight excluding hydrogens is 348 g/mol. The molecule has 3 aromatic carbocycles. The van der Waals surface area contributed by atoms with E-state index in [1.165, 1.54) is 24.2 Å². The molecule has 1 saturated heterocycles. The van der Waals surface area contributed by atoms with Gasteiger partial charge < -0.3 is 4.90 Å². The predicted molar refractivity (Wildman–Crippen MR) is 112 cm³/mol. The standard InChI is InChI=1S/C24H22N2O2/c1-16-7-5-8-17(15-16)26-23(27)19-10-6-9-18-21(25-13-3-2-4-14-25)12-11-20(22(18)19)24(26)28/h5-12,15H,2-4,13-14H2,1H3. The minimum Gasteiger partial charge on any atom is -0.371 e. The second-order valence-corrected chi connectivity index (χ2v) is 7.69. The SMILES string of the molecule is Cc1cccc(N2C(=O)c3cccc4c(N5CCCCC5)ccc(c34)C2=O)c1. The number of carbonyl (C=O) groups excluding carboxylic acids is 2. The third-order valence-corrected chi connectivity index (χ3v) is 5.84. The van der Waals surface area contributed by atoms with Gasteiger partial charge in [0.2, 0.25) is 0 Å². The Kier molecular flexibility index (Phi) is 3.93. The van der Waals surface area contributed by atoms with E-state index >= 15 is 0 Å². The van der Waals surface area contributed by atoms with Gasteiger partial charge in [0.15, 0.2) is 0 Å². The number of amides is 2. The van der Waals surface area contributed by atoms with Gasteiger partial charge in [0, 0.05) is 40.7 Å². The number of imide groups is 1. The van der Waals surface area contributed by atoms with Crippen LogP contribution in [0.3, 0.4) is 0 Å². The van der Waals surface area contributed by atoms with Crippen LogP contribution < -0.4 is 9.80 Å². The number of nitrogens with zero attached hydrogens (tertiary/aromatic N) is 2. The van der Waals surface area contributed by atoms with Gasteiger partial charge in [-0.25, -0.2) is 4.90 Å². The number of rotatable bonds is 2. The molecule has 0 atom stereocenters. The fourth-order valence-corrected chi connectivity index (χ4v) is 4.49. The summed E-state index contributed by atoms with van der Waals surface area (Å²) >= 11 is 0. The summed E-state index contributed by atoms with van der Waals surface area (Å²) in [6.45, 7) is 4.01. The molecule has 5 rings (SSSR count). The Labute approximate surface area is 164 Å². The zero-order valence-electron chi connectivity index (χ0n) is 15.9. The van der Waals surface area contributed by atoms with E-state index in [9.17, 15) is 9.59 Å². The average molecular weight is 370 g/mol. The van der Waals surface area contributed by atoms with Gasteiger partial charge in [0.25, 0.3) is 11.8 Å². The van der Waals surface area contributed by atoms with Crippen LogP contribution in [0, 0.1) is 6.92 Å². The first-order valence-corrected chi connectivity index (χ1v) is 9.91. The molecule has 2 aliphatic rings. The molecule has 0 N–H and O–H groups in total. The molecule has 0 radical (unpaired) electrons. The van der Waals surface area contributed by atoms with Crippen LogP contribution in [0.5, 0.6) is 0 Å². The molecule has 2 aliphatic heterocycles. The zero-order valence-corrected chi connectivity index (χ0v) is 15.9. The first kappa shape index (κ1) is 17.0. The smallest absolute Gasteiger partial charge is 0.265 e. The fourth-order valence-electron chi connectivity index (χ4n) is 4.49. The van der Waals surface area contributed by atoms with Crippen molar-refractivity contribution in [2.24, 2.45) is 0 Å². The molecule has 0 spiro atoms. The maximum absolute atomic E-state index is 13.3. The summed E-state index contributed by atoms with van der Waals surface area (Å²) in [7, 11) is 0. The van der Waals surface area contributed by atoms with E-state index in [1.54, 1.807) is 0 Å². The van der Waals surface area contributed by atoms with Crippen LogP contribution in [0.25, 0.3) is 10.8 Å². The van der Waals surface area contributed by atoms with Crippen molar-refractivity contribution in [2.45, 2.75) is 26.2 Å². The van der Waals surface area contributed by atoms with Gasteiger partial charge in [-0.1, -0.05) is 24.3 Å². The van der Waals surface area contributed by atoms with E-state index in [0.717, 1.165) is 35.1 Å². The summed E-state index contributed by atoms with van der Waals surface area (Å²) in [4.78, 5) is 30.3. The third-order valence-electron chi connectivity index (χ3n) is 5.84. The Balaban J connectivity index is 1.69. The summed E-state index contributed by atoms with van der Waals surface area (Å²) in [6, 6.07) is 17.3. The van der Waals surface area contributed by atoms with Crippen LogP contribution in [0.1, 0.15) is 45.5 Å². The minimum atomic E-state index is -0.246. The molecule has 0 bridgehead atoms. The molecule has 0 aliphatic carbocycles. The van der Waals surface area contributed by atoms with Crippen LogP contribution in [0.15, 0.2) is 54.6 Å². The van der Waals surface area contributed by atoms with Gasteiger partial charge in [0.05, 0.1) is 5.69 Å². The topological polar surface area (TPSA) is 40.6 Å². The summed E-state index contributed by atoms with van der Waals surface area (Å²) in [5.41, 5.74) is 3.98. The van der Waals surface area contributed by atoms with E-state index < -0.39 is 0 Å². The molecule has 4 nitrogen and oxygen atoms in total. The second kappa shape index (κ2) is 6.48. The lowest BCUT2D eigenvalue weighted by molar-refractivity contribution is 0.0893. The zero-order chi connectivity index (χ0) is 19.3. The quantitative estimate of drug-likeness (QED) is 0.600. The molecule has 0 aromatic heterocycles. The molecule has 3 aromatic rings. The molecule has 28 heavy (non-hydrogen) atoms. The Morgan fingerprint density at radius 2 is 1.50 bits per heavy atom. The maximum atomic E-state index is 13.3. The van der Waals surface area contributed by atoms with Gasteiger partial charge in [-0.15, -0.1) is 0 Å². The van der Waals surface area contributed by atoms with E-state index in [1.807, 2.05) is 55.5 Å². The lowest BCUT2D eigenvalue weighted by Crippen LogP contribution is -2.40. The normalized spacial score (nSPS) is 16.8. The Bertz CT molecular complexity index is 1090. The van der Waals surface area contributed by atoms with Crippen molar-refractivity contribution in [1.82, 2.24) is 0 Å². The Morgan fingerprint density at radius 3 is 2.25 bits per heavy atom. The predicted octanol–water partition coefficient (Wildman–Crippen LogP) is 4.94. The van der Waals surface area contributed by atoms with Crippen molar-refractivity contribution in [1.29, 1.82) is 0 Å². The monoisotopic (exact) mass is 370 g/mol. The third kappa shape index (κ3) is 2.52. The summed E-state index contributed by atoms with van der Waals surface area (Å²) < 4.78 is 0. The highest BCUT2D eigenvalue weighted by Crippen LogP contribution is 2.38. The first-order chi connectivity index (χ1) is 13.6. The maximum Gasteiger partial charge on any atom is 0.265 e. The lowest BCUT2D eigenvalue weighted by atomic mass is 9.92. The molecule has 0 saturated carbocycles. The molecule has 0 unspecified atom stereocenters. The summed E-state index contributed by atoms with van der Waals surface area (Å²) in [5, 5.41) is 1.80. The molecule has 2 amide bonds. The number of benzene rings is 3. The molecule has 1 fully saturated rings. The van der Waals surface area contributed by atoms with Crippen LogP contribution in [-0.4, -0.2) is 24.9 Å². The molecule has 2 heterocycles. The van der Waals surface area contributed by atoms with Crippen LogP contribution in [0.2, 0.25) is 0 Å². The van der Waals surface area contributed by atoms with Crippen molar-refractivity contribution < 1.29 is 9.59 Å². The largest absolute Gasteiger partial charge is 0.371 e. The first-order valence-electron chi connectivity index (χ1n) is 9.91. The van der Waals surface area contributed by atoms with Crippen LogP contribution >= 0.6 is 0 Å². The van der Waals surface area contributed by atoms with Crippen molar-refractivity contribution in [3.63, 3.8) is 0 Å². The summed E-state index contributed by atoms with van der Waals surface area (Å²) in [5.74, 6) is -0.492. The van der Waals surface area contributed by atoms with E-state index in [0.29, 0.717) is 16.8 Å². The number of aryl methyl sites for hydroxylation is 1. The van der Waals surface area contributed by atoms with E-state index in [4.69, 9.17) is 0 Å². The van der Waals surface area contributed by atoms with Crippen molar-refractivity contribution in [2.75, 3.05) is 22.9 Å². The Morgan fingerprint density at radius 1 is 0.786 bits per heavy atom. The molecule has 4 heteroatoms. The van der Waals surface area contributed by atoms with Crippen molar-refractivity contribution in [3.8, 4) is 0 Å². The number of carbonyl (C=O) groups is 2. The van der Waals surface area contributed by atoms with Gasteiger partial charge >= 0.3 is 0 Å². The van der Waals surface area contributed by atoms with Crippen molar-refractivity contribution >= 4 is 34.0 Å². The lowest BCUT2D eigenvalue weighted by Gasteiger charge is -2.32. The van der Waals surface area contributed by atoms with E-state index in [2.05, 4.69) is 11.0 Å². The van der Waals surface area contributed by atoms with Gasteiger partial charge in [-0.2, -0.15) is 0 Å². The molecular formula is C24H22N2O2. The minimum absolute atomic E-state index is 0.246. The molecule has 140 valence electrons. The summed E-state index contributed by atoms with van der Waals surface area (Å²) in [6.07, 6.45) is 3.63. The highest BCUT2D eigenvalue weighted by atomic mass is 16.2. The number of hydrogen-bond donors (Lipinski definition) is 0. The number of hydrogen-bond acceptors (Lipinski definition) is 3. The van der Waals surface area contributed by atoms with Gasteiger partial charge in [-0.05, 0) is 62.1 Å². The Hall–Kier alpha value is -3.14. The number of piperidine rings is 1. The van der Waals surface area contributed by atoms with Crippen LogP contribution in [0.4, 0.5) is 11.4 Å². The van der Waals surface area contributed by atoms with Crippen LogP contribution in [-0.2, 0) is 0 Å². The number of anilines is 2. The second-order valence-electron chi connectivity index (χ2n) is 7.69. The van der Waals surface area contributed by atoms with E-state index in [-0.39, 0.29) is 11.8 Å².